The summed E-state index contributed by atoms with van der Waals surface area (Å²) < 4.78 is 5.82. The lowest BCUT2D eigenvalue weighted by Gasteiger charge is -2.27. The highest BCUT2D eigenvalue weighted by molar-refractivity contribution is 5.72. The molecule has 0 saturated carbocycles. The Morgan fingerprint density at radius 2 is 1.87 bits per heavy atom. The van der Waals surface area contributed by atoms with Crippen LogP contribution in [0.4, 0.5) is 0 Å². The van der Waals surface area contributed by atoms with Gasteiger partial charge in [0.1, 0.15) is 5.52 Å². The maximum absolute atomic E-state index is 10.0. The molecule has 1 N–H and O–H groups in total. The van der Waals surface area contributed by atoms with Crippen molar-refractivity contribution in [2.45, 2.75) is 18.4 Å². The Labute approximate surface area is 135 Å². The van der Waals surface area contributed by atoms with Gasteiger partial charge in [0.25, 0.3) is 0 Å². The molecule has 2 aromatic carbocycles. The summed E-state index contributed by atoms with van der Waals surface area (Å²) >= 11 is 0. The fraction of sp³-hybridized carbons (Fsp3) is 0.316. The van der Waals surface area contributed by atoms with E-state index in [2.05, 4.69) is 22.0 Å². The zero-order valence-electron chi connectivity index (χ0n) is 13.0. The van der Waals surface area contributed by atoms with Crippen LogP contribution < -0.4 is 0 Å². The van der Waals surface area contributed by atoms with E-state index in [9.17, 15) is 5.11 Å². The topological polar surface area (TPSA) is 49.5 Å². The lowest BCUT2D eigenvalue weighted by Crippen LogP contribution is -2.34. The number of benzene rings is 2. The van der Waals surface area contributed by atoms with Crippen LogP contribution in [0, 0.1) is 0 Å². The van der Waals surface area contributed by atoms with E-state index < -0.39 is 0 Å². The highest BCUT2D eigenvalue weighted by Crippen LogP contribution is 2.34. The van der Waals surface area contributed by atoms with Gasteiger partial charge in [0, 0.05) is 12.0 Å². The third-order valence-electron chi connectivity index (χ3n) is 4.82. The van der Waals surface area contributed by atoms with Gasteiger partial charge >= 0.3 is 0 Å². The van der Waals surface area contributed by atoms with E-state index in [1.165, 1.54) is 5.56 Å². The van der Waals surface area contributed by atoms with Crippen LogP contribution in [-0.4, -0.2) is 34.7 Å². The summed E-state index contributed by atoms with van der Waals surface area (Å²) in [6, 6.07) is 18.1. The number of nitrogens with zero attached hydrogens (tertiary/aromatic N) is 2. The van der Waals surface area contributed by atoms with Crippen LogP contribution in [-0.2, 0) is 12.0 Å². The van der Waals surface area contributed by atoms with Gasteiger partial charge in [-0.25, -0.2) is 4.98 Å². The summed E-state index contributed by atoms with van der Waals surface area (Å²) in [7, 11) is 0. The van der Waals surface area contributed by atoms with E-state index in [4.69, 9.17) is 4.42 Å². The Bertz CT molecular complexity index is 766. The molecular weight excluding hydrogens is 288 g/mol. The van der Waals surface area contributed by atoms with Crippen molar-refractivity contribution in [3.63, 3.8) is 0 Å². The van der Waals surface area contributed by atoms with Crippen molar-refractivity contribution >= 4 is 11.1 Å². The van der Waals surface area contributed by atoms with Crippen molar-refractivity contribution in [3.05, 3.63) is 66.1 Å². The van der Waals surface area contributed by atoms with Crippen molar-refractivity contribution in [1.29, 1.82) is 0 Å². The van der Waals surface area contributed by atoms with Gasteiger partial charge in [0.05, 0.1) is 13.2 Å². The predicted molar refractivity (Wildman–Crippen MR) is 89.1 cm³/mol. The van der Waals surface area contributed by atoms with E-state index in [-0.39, 0.29) is 12.0 Å². The van der Waals surface area contributed by atoms with E-state index >= 15 is 0 Å². The molecule has 1 unspecified atom stereocenters. The molecule has 3 aromatic rings. The Balaban J connectivity index is 1.53. The number of para-hydroxylation sites is 2. The van der Waals surface area contributed by atoms with Crippen LogP contribution in [0.3, 0.4) is 0 Å². The molecule has 0 amide bonds. The van der Waals surface area contributed by atoms with E-state index in [0.717, 1.165) is 36.5 Å². The minimum Gasteiger partial charge on any atom is -0.439 e. The van der Waals surface area contributed by atoms with Crippen LogP contribution in [0.1, 0.15) is 17.9 Å². The number of likely N-dealkylation sites (tertiary alicyclic amines) is 1. The van der Waals surface area contributed by atoms with Crippen molar-refractivity contribution in [3.8, 4) is 0 Å². The second kappa shape index (κ2) is 5.80. The first-order valence-corrected chi connectivity index (χ1v) is 8.02. The van der Waals surface area contributed by atoms with Crippen molar-refractivity contribution < 1.29 is 9.52 Å². The number of aliphatic hydroxyl groups excluding tert-OH is 1. The summed E-state index contributed by atoms with van der Waals surface area (Å²) in [4.78, 5) is 6.87. The minimum absolute atomic E-state index is 0.168. The summed E-state index contributed by atoms with van der Waals surface area (Å²) in [5.41, 5.74) is 2.77. The predicted octanol–water partition coefficient (Wildman–Crippen LogP) is 2.96. The smallest absolute Gasteiger partial charge is 0.209 e. The average Bonchev–Trinajstić information content (AvgIpc) is 3.20. The lowest BCUT2D eigenvalue weighted by molar-refractivity contribution is 0.185. The number of aliphatic hydroxyl groups is 1. The third-order valence-corrected chi connectivity index (χ3v) is 4.82. The number of oxazole rings is 1. The summed E-state index contributed by atoms with van der Waals surface area (Å²) in [5.74, 6) is 0.744. The molecule has 1 aliphatic rings. The highest BCUT2D eigenvalue weighted by Gasteiger charge is 2.39. The Morgan fingerprint density at radius 3 is 2.65 bits per heavy atom. The Morgan fingerprint density at radius 1 is 1.09 bits per heavy atom. The minimum atomic E-state index is -0.173. The SMILES string of the molecule is OCC1(c2ccccc2)CCN(Cc2nc3ccccc3o2)C1. The highest BCUT2D eigenvalue weighted by atomic mass is 16.3. The molecule has 1 saturated heterocycles. The van der Waals surface area contributed by atoms with Gasteiger partial charge in [-0.3, -0.25) is 4.90 Å². The second-order valence-electron chi connectivity index (χ2n) is 6.34. The summed E-state index contributed by atoms with van der Waals surface area (Å²) in [5, 5.41) is 10.0. The number of aromatic nitrogens is 1. The van der Waals surface area contributed by atoms with Crippen LogP contribution in [0.15, 0.2) is 59.0 Å². The lowest BCUT2D eigenvalue weighted by atomic mass is 9.80. The Hall–Kier alpha value is -2.17. The molecule has 0 radical (unpaired) electrons. The normalized spacial score (nSPS) is 22.0. The maximum Gasteiger partial charge on any atom is 0.209 e. The molecule has 1 fully saturated rings. The monoisotopic (exact) mass is 308 g/mol. The summed E-state index contributed by atoms with van der Waals surface area (Å²) in [6.45, 7) is 2.62. The van der Waals surface area contributed by atoms with Crippen molar-refractivity contribution in [2.24, 2.45) is 0 Å². The standard InChI is InChI=1S/C19H20N2O2/c22-14-19(15-6-2-1-3-7-15)10-11-21(13-19)12-18-20-16-8-4-5-9-17(16)23-18/h1-9,22H,10-14H2. The number of rotatable bonds is 4. The third kappa shape index (κ3) is 2.64. The molecule has 4 heteroatoms. The quantitative estimate of drug-likeness (QED) is 0.805. The molecule has 1 aliphatic heterocycles. The van der Waals surface area contributed by atoms with Gasteiger partial charge < -0.3 is 9.52 Å². The molecule has 118 valence electrons. The molecule has 4 nitrogen and oxygen atoms in total. The Kier molecular flexibility index (Phi) is 3.63. The average molecular weight is 308 g/mol. The second-order valence-corrected chi connectivity index (χ2v) is 6.34. The molecule has 0 spiro atoms. The van der Waals surface area contributed by atoms with Crippen molar-refractivity contribution in [1.82, 2.24) is 9.88 Å². The molecular formula is C19H20N2O2. The summed E-state index contributed by atoms with van der Waals surface area (Å²) in [6.07, 6.45) is 0.952. The largest absolute Gasteiger partial charge is 0.439 e. The van der Waals surface area contributed by atoms with E-state index in [0.29, 0.717) is 6.54 Å². The molecule has 0 bridgehead atoms. The van der Waals surface area contributed by atoms with Gasteiger partial charge in [0.15, 0.2) is 5.58 Å². The maximum atomic E-state index is 10.0. The fourth-order valence-electron chi connectivity index (χ4n) is 3.52. The van der Waals surface area contributed by atoms with Gasteiger partial charge in [-0.15, -0.1) is 0 Å². The molecule has 4 rings (SSSR count). The fourth-order valence-corrected chi connectivity index (χ4v) is 3.52. The van der Waals surface area contributed by atoms with Gasteiger partial charge in [-0.2, -0.15) is 0 Å². The van der Waals surface area contributed by atoms with Crippen LogP contribution in [0.5, 0.6) is 0 Å². The molecule has 1 aromatic heterocycles. The molecule has 1 atom stereocenters. The first kappa shape index (κ1) is 14.4. The van der Waals surface area contributed by atoms with Crippen molar-refractivity contribution in [2.75, 3.05) is 19.7 Å². The van der Waals surface area contributed by atoms with Gasteiger partial charge in [-0.1, -0.05) is 42.5 Å². The number of hydrogen-bond donors (Lipinski definition) is 1. The molecule has 23 heavy (non-hydrogen) atoms. The van der Waals surface area contributed by atoms with Gasteiger partial charge in [0.2, 0.25) is 5.89 Å². The van der Waals surface area contributed by atoms with Crippen LogP contribution >= 0.6 is 0 Å². The van der Waals surface area contributed by atoms with Crippen LogP contribution in [0.2, 0.25) is 0 Å². The molecule has 2 heterocycles. The number of hydrogen-bond acceptors (Lipinski definition) is 4. The van der Waals surface area contributed by atoms with E-state index in [1.54, 1.807) is 0 Å². The zero-order valence-corrected chi connectivity index (χ0v) is 13.0. The molecule has 0 aliphatic carbocycles. The first-order valence-electron chi connectivity index (χ1n) is 8.02. The zero-order chi connectivity index (χ0) is 15.7. The first-order chi connectivity index (χ1) is 11.3. The number of fused-ring (bicyclic) bond motifs is 1. The van der Waals surface area contributed by atoms with Crippen LogP contribution in [0.25, 0.3) is 11.1 Å². The van der Waals surface area contributed by atoms with Gasteiger partial charge in [-0.05, 0) is 30.7 Å². The van der Waals surface area contributed by atoms with E-state index in [1.807, 2.05) is 42.5 Å².